The van der Waals surface area contributed by atoms with Crippen LogP contribution in [0.15, 0.2) is 70.5 Å². The Labute approximate surface area is 111 Å². The van der Waals surface area contributed by atoms with Gasteiger partial charge in [0.2, 0.25) is 0 Å². The summed E-state index contributed by atoms with van der Waals surface area (Å²) < 4.78 is 11.9. The highest BCUT2D eigenvalue weighted by atomic mass is 32.2. The molecule has 1 aliphatic carbocycles. The highest BCUT2D eigenvalue weighted by Gasteiger charge is 2.07. The fourth-order valence-electron chi connectivity index (χ4n) is 2.05. The van der Waals surface area contributed by atoms with Crippen molar-refractivity contribution in [3.8, 4) is 0 Å². The first kappa shape index (κ1) is 13.0. The van der Waals surface area contributed by atoms with Crippen molar-refractivity contribution in [1.29, 1.82) is 0 Å². The Balaban J connectivity index is 2.01. The minimum atomic E-state index is -1.05. The van der Waals surface area contributed by atoms with Crippen LogP contribution in [-0.2, 0) is 10.8 Å². The maximum atomic E-state index is 11.9. The third-order valence-electron chi connectivity index (χ3n) is 3.10. The first-order valence-electron chi connectivity index (χ1n) is 6.28. The van der Waals surface area contributed by atoms with Gasteiger partial charge in [0, 0.05) is 10.3 Å². The zero-order chi connectivity index (χ0) is 12.8. The van der Waals surface area contributed by atoms with Crippen molar-refractivity contribution in [2.24, 2.45) is 0 Å². The van der Waals surface area contributed by atoms with Crippen molar-refractivity contribution in [2.75, 3.05) is 0 Å². The summed E-state index contributed by atoms with van der Waals surface area (Å²) in [5.41, 5.74) is 2.54. The van der Waals surface area contributed by atoms with E-state index < -0.39 is 10.8 Å². The van der Waals surface area contributed by atoms with Gasteiger partial charge in [-0.15, -0.1) is 0 Å². The molecule has 1 saturated carbocycles. The van der Waals surface area contributed by atoms with Crippen molar-refractivity contribution < 1.29 is 4.21 Å². The fraction of sp³-hybridized carbons (Fsp3) is 0.250. The molecule has 94 valence electrons. The van der Waals surface area contributed by atoms with Gasteiger partial charge < -0.3 is 0 Å². The topological polar surface area (TPSA) is 17.1 Å². The van der Waals surface area contributed by atoms with Gasteiger partial charge in [-0.25, -0.2) is 4.21 Å². The molecule has 0 bridgehead atoms. The highest BCUT2D eigenvalue weighted by Crippen LogP contribution is 2.27. The Morgan fingerprint density at radius 3 is 2.56 bits per heavy atom. The minimum Gasteiger partial charge on any atom is -0.250 e. The third kappa shape index (κ3) is 3.54. The molecule has 1 aliphatic rings. The van der Waals surface area contributed by atoms with Gasteiger partial charge in [-0.3, -0.25) is 0 Å². The van der Waals surface area contributed by atoms with E-state index in [2.05, 4.69) is 12.7 Å². The summed E-state index contributed by atoms with van der Waals surface area (Å²) in [6, 6.07) is 9.50. The smallest absolute Gasteiger partial charge is 0.0775 e. The van der Waals surface area contributed by atoms with E-state index in [0.717, 1.165) is 17.7 Å². The van der Waals surface area contributed by atoms with Crippen LogP contribution in [0.4, 0.5) is 0 Å². The number of hydrogen-bond acceptors (Lipinski definition) is 1. The molecule has 2 rings (SSSR count). The van der Waals surface area contributed by atoms with E-state index in [1.807, 2.05) is 36.4 Å². The predicted octanol–water partition coefficient (Wildman–Crippen LogP) is 4.36. The molecule has 18 heavy (non-hydrogen) atoms. The monoisotopic (exact) mass is 258 g/mol. The van der Waals surface area contributed by atoms with Gasteiger partial charge in [-0.05, 0) is 43.4 Å². The van der Waals surface area contributed by atoms with Crippen molar-refractivity contribution >= 4 is 10.8 Å². The predicted molar refractivity (Wildman–Crippen MR) is 77.7 cm³/mol. The van der Waals surface area contributed by atoms with Crippen LogP contribution in [0, 0.1) is 0 Å². The number of rotatable bonds is 3. The average Bonchev–Trinajstić information content (AvgIpc) is 2.42. The van der Waals surface area contributed by atoms with Gasteiger partial charge in [0.1, 0.15) is 0 Å². The zero-order valence-electron chi connectivity index (χ0n) is 10.5. The molecule has 1 unspecified atom stereocenters. The lowest BCUT2D eigenvalue weighted by Gasteiger charge is -2.15. The van der Waals surface area contributed by atoms with Gasteiger partial charge in [-0.1, -0.05) is 42.5 Å². The molecule has 0 radical (unpaired) electrons. The molecule has 1 aromatic carbocycles. The van der Waals surface area contributed by atoms with Crippen molar-refractivity contribution in [3.05, 3.63) is 65.6 Å². The summed E-state index contributed by atoms with van der Waals surface area (Å²) in [7, 11) is -1.05. The molecule has 1 fully saturated rings. The van der Waals surface area contributed by atoms with E-state index in [1.54, 1.807) is 5.41 Å². The van der Waals surface area contributed by atoms with Crippen LogP contribution in [-0.4, -0.2) is 4.21 Å². The molecule has 0 saturated heterocycles. The van der Waals surface area contributed by atoms with Crippen LogP contribution in [0.3, 0.4) is 0 Å². The van der Waals surface area contributed by atoms with E-state index in [9.17, 15) is 4.21 Å². The van der Waals surface area contributed by atoms with Crippen molar-refractivity contribution in [2.45, 2.75) is 30.6 Å². The average molecular weight is 258 g/mol. The second-order valence-electron chi connectivity index (χ2n) is 4.44. The highest BCUT2D eigenvalue weighted by molar-refractivity contribution is 7.88. The third-order valence-corrected chi connectivity index (χ3v) is 4.24. The summed E-state index contributed by atoms with van der Waals surface area (Å²) in [6.07, 6.45) is 8.64. The Kier molecular flexibility index (Phi) is 4.71. The first-order chi connectivity index (χ1) is 8.77. The molecule has 0 aliphatic heterocycles. The summed E-state index contributed by atoms with van der Waals surface area (Å²) in [6.45, 7) is 4.07. The van der Waals surface area contributed by atoms with E-state index in [4.69, 9.17) is 0 Å². The lowest BCUT2D eigenvalue weighted by molar-refractivity contribution is 0.681. The summed E-state index contributed by atoms with van der Waals surface area (Å²) in [5.74, 6) is 0. The zero-order valence-corrected chi connectivity index (χ0v) is 11.3. The second kappa shape index (κ2) is 6.50. The molecule has 1 atom stereocenters. The van der Waals surface area contributed by atoms with Crippen molar-refractivity contribution in [3.63, 3.8) is 0 Å². The Hall–Kier alpha value is -1.41. The Bertz CT molecular complexity index is 497. The van der Waals surface area contributed by atoms with E-state index in [0.29, 0.717) is 0 Å². The normalized spacial score (nSPS) is 20.4. The quantitative estimate of drug-likeness (QED) is 0.787. The van der Waals surface area contributed by atoms with E-state index in [1.165, 1.54) is 24.0 Å². The first-order valence-corrected chi connectivity index (χ1v) is 7.50. The number of allylic oxidation sites excluding steroid dienone is 4. The van der Waals surface area contributed by atoms with Crippen LogP contribution in [0.25, 0.3) is 0 Å². The molecule has 0 spiro atoms. The SMILES string of the molecule is C=C1CCCC/C1=C/C=C\S(=O)c1ccccc1. The lowest BCUT2D eigenvalue weighted by atomic mass is 9.90. The molecule has 2 heteroatoms. The van der Waals surface area contributed by atoms with Crippen LogP contribution in [0.5, 0.6) is 0 Å². The molecule has 1 nitrogen and oxygen atoms in total. The van der Waals surface area contributed by atoms with Gasteiger partial charge in [0.25, 0.3) is 0 Å². The Morgan fingerprint density at radius 1 is 1.11 bits per heavy atom. The van der Waals surface area contributed by atoms with Crippen LogP contribution >= 0.6 is 0 Å². The van der Waals surface area contributed by atoms with Gasteiger partial charge in [0.05, 0.1) is 10.8 Å². The summed E-state index contributed by atoms with van der Waals surface area (Å²) in [4.78, 5) is 0.842. The van der Waals surface area contributed by atoms with Crippen LogP contribution in [0.1, 0.15) is 25.7 Å². The fourth-order valence-corrected chi connectivity index (χ4v) is 2.86. The molecule has 0 aromatic heterocycles. The molecular weight excluding hydrogens is 240 g/mol. The minimum absolute atomic E-state index is 0.842. The lowest BCUT2D eigenvalue weighted by Crippen LogP contribution is -1.96. The van der Waals surface area contributed by atoms with Gasteiger partial charge in [0.15, 0.2) is 0 Å². The van der Waals surface area contributed by atoms with Gasteiger partial charge >= 0.3 is 0 Å². The van der Waals surface area contributed by atoms with Crippen LogP contribution in [0.2, 0.25) is 0 Å². The summed E-state index contributed by atoms with van der Waals surface area (Å²) >= 11 is 0. The molecule has 0 N–H and O–H groups in total. The molecule has 0 amide bonds. The molecular formula is C16H18OS. The van der Waals surface area contributed by atoms with Crippen LogP contribution < -0.4 is 0 Å². The maximum Gasteiger partial charge on any atom is 0.0775 e. The Morgan fingerprint density at radius 2 is 1.83 bits per heavy atom. The molecule has 0 heterocycles. The van der Waals surface area contributed by atoms with E-state index >= 15 is 0 Å². The van der Waals surface area contributed by atoms with Crippen molar-refractivity contribution in [1.82, 2.24) is 0 Å². The summed E-state index contributed by atoms with van der Waals surface area (Å²) in [5, 5.41) is 1.74. The maximum absolute atomic E-state index is 11.9. The van der Waals surface area contributed by atoms with E-state index in [-0.39, 0.29) is 0 Å². The number of benzene rings is 1. The number of hydrogen-bond donors (Lipinski definition) is 0. The molecule has 1 aromatic rings. The van der Waals surface area contributed by atoms with Gasteiger partial charge in [-0.2, -0.15) is 0 Å². The second-order valence-corrected chi connectivity index (χ2v) is 5.78. The standard InChI is InChI=1S/C16H18OS/c1-14-8-5-6-9-15(14)10-7-13-18(17)16-11-3-2-4-12-16/h2-4,7,10-13H,1,5-6,8-9H2/b13-7-,15-10-. The largest absolute Gasteiger partial charge is 0.250 e.